The van der Waals surface area contributed by atoms with Crippen LogP contribution in [-0.2, 0) is 9.05 Å². The molecule has 0 saturated heterocycles. The molecule has 1 N–H and O–H groups in total. The maximum Gasteiger partial charge on any atom is 0.335 e. The molecule has 0 spiro atoms. The predicted molar refractivity (Wildman–Crippen MR) is 66.9 cm³/mol. The van der Waals surface area contributed by atoms with E-state index in [1.807, 2.05) is 0 Å². The third-order valence-corrected chi connectivity index (χ3v) is 3.40. The smallest absolute Gasteiger partial charge is 0.335 e. The summed E-state index contributed by atoms with van der Waals surface area (Å²) in [6.45, 7) is 0.0370. The second-order valence-corrected chi connectivity index (χ2v) is 5.86. The Hall–Kier alpha value is -1.24. The zero-order valence-electron chi connectivity index (χ0n) is 8.84. The summed E-state index contributed by atoms with van der Waals surface area (Å²) < 4.78 is 27.7. The van der Waals surface area contributed by atoms with Crippen molar-refractivity contribution in [3.05, 3.63) is 35.4 Å². The van der Waals surface area contributed by atoms with Crippen molar-refractivity contribution in [1.82, 2.24) is 0 Å². The van der Waals surface area contributed by atoms with E-state index in [9.17, 15) is 13.2 Å². The van der Waals surface area contributed by atoms with Gasteiger partial charge in [-0.1, -0.05) is 11.6 Å². The second-order valence-electron chi connectivity index (χ2n) is 3.08. The van der Waals surface area contributed by atoms with Crippen molar-refractivity contribution in [3.8, 4) is 5.75 Å². The van der Waals surface area contributed by atoms with Crippen LogP contribution < -0.4 is 4.74 Å². The molecule has 8 heteroatoms. The molecular formula is C10H8Cl2O5S. The number of halogens is 2. The first-order chi connectivity index (χ1) is 8.36. The van der Waals surface area contributed by atoms with Crippen molar-refractivity contribution in [1.29, 1.82) is 0 Å². The van der Waals surface area contributed by atoms with Gasteiger partial charge in [0.05, 0.1) is 5.56 Å². The van der Waals surface area contributed by atoms with Crippen LogP contribution in [0.15, 0.2) is 34.7 Å². The van der Waals surface area contributed by atoms with E-state index in [0.29, 0.717) is 0 Å². The highest BCUT2D eigenvalue weighted by Gasteiger charge is 2.19. The van der Waals surface area contributed by atoms with Gasteiger partial charge in [0, 0.05) is 16.2 Å². The van der Waals surface area contributed by atoms with Gasteiger partial charge in [0.15, 0.2) is 0 Å². The number of aromatic carboxylic acids is 1. The lowest BCUT2D eigenvalue weighted by Crippen LogP contribution is -2.03. The van der Waals surface area contributed by atoms with E-state index in [2.05, 4.69) is 0 Å². The molecule has 0 aliphatic rings. The largest absolute Gasteiger partial charge is 0.488 e. The van der Waals surface area contributed by atoms with Crippen molar-refractivity contribution in [2.75, 3.05) is 6.61 Å². The lowest BCUT2D eigenvalue weighted by Gasteiger charge is -2.08. The van der Waals surface area contributed by atoms with Crippen LogP contribution in [0.5, 0.6) is 5.75 Å². The van der Waals surface area contributed by atoms with Gasteiger partial charge < -0.3 is 9.84 Å². The number of rotatable bonds is 5. The summed E-state index contributed by atoms with van der Waals surface area (Å²) in [6.07, 6.45) is 1.44. The normalized spacial score (nSPS) is 11.7. The third-order valence-electron chi connectivity index (χ3n) is 1.88. The highest BCUT2D eigenvalue weighted by molar-refractivity contribution is 8.13. The first-order valence-electron chi connectivity index (χ1n) is 4.56. The molecule has 98 valence electrons. The predicted octanol–water partition coefficient (Wildman–Crippen LogP) is 2.44. The quantitative estimate of drug-likeness (QED) is 0.845. The van der Waals surface area contributed by atoms with Crippen molar-refractivity contribution >= 4 is 37.3 Å². The summed E-state index contributed by atoms with van der Waals surface area (Å²) >= 11 is 5.28. The first-order valence-corrected chi connectivity index (χ1v) is 7.31. The number of hydrogen-bond donors (Lipinski definition) is 1. The summed E-state index contributed by atoms with van der Waals surface area (Å²) in [5.74, 6) is -1.30. The van der Waals surface area contributed by atoms with Gasteiger partial charge >= 0.3 is 5.97 Å². The summed E-state index contributed by atoms with van der Waals surface area (Å²) in [6, 6.07) is 3.37. The Bertz CT molecular complexity index is 580. The van der Waals surface area contributed by atoms with Crippen LogP contribution in [0.2, 0.25) is 0 Å². The monoisotopic (exact) mass is 310 g/mol. The summed E-state index contributed by atoms with van der Waals surface area (Å²) in [5, 5.41) is 8.77. The van der Waals surface area contributed by atoms with Crippen molar-refractivity contribution in [2.24, 2.45) is 0 Å². The molecule has 0 radical (unpaired) electrons. The van der Waals surface area contributed by atoms with Crippen molar-refractivity contribution in [2.45, 2.75) is 4.90 Å². The van der Waals surface area contributed by atoms with Gasteiger partial charge in [-0.15, -0.1) is 0 Å². The van der Waals surface area contributed by atoms with Crippen LogP contribution in [0.1, 0.15) is 10.4 Å². The molecule has 0 aromatic heterocycles. The van der Waals surface area contributed by atoms with Crippen molar-refractivity contribution in [3.63, 3.8) is 0 Å². The molecule has 0 heterocycles. The number of ether oxygens (including phenoxy) is 1. The minimum absolute atomic E-state index is 0.0370. The molecule has 1 rings (SSSR count). The Kier molecular flexibility index (Phi) is 5.01. The molecule has 5 nitrogen and oxygen atoms in total. The van der Waals surface area contributed by atoms with Gasteiger partial charge in [-0.05, 0) is 24.3 Å². The highest BCUT2D eigenvalue weighted by Crippen LogP contribution is 2.28. The van der Waals surface area contributed by atoms with E-state index in [4.69, 9.17) is 32.1 Å². The van der Waals surface area contributed by atoms with Crippen molar-refractivity contribution < 1.29 is 23.1 Å². The van der Waals surface area contributed by atoms with E-state index in [1.54, 1.807) is 0 Å². The molecule has 18 heavy (non-hydrogen) atoms. The van der Waals surface area contributed by atoms with E-state index in [0.717, 1.165) is 6.07 Å². The Morgan fingerprint density at radius 3 is 2.61 bits per heavy atom. The van der Waals surface area contributed by atoms with E-state index >= 15 is 0 Å². The molecule has 0 saturated carbocycles. The number of carboxylic acids is 1. The molecule has 0 aliphatic carbocycles. The molecule has 1 aromatic rings. The Morgan fingerprint density at radius 1 is 1.44 bits per heavy atom. The Balaban J connectivity index is 3.22. The van der Waals surface area contributed by atoms with E-state index in [-0.39, 0.29) is 17.9 Å². The number of benzene rings is 1. The van der Waals surface area contributed by atoms with Crippen LogP contribution in [0.25, 0.3) is 0 Å². The minimum atomic E-state index is -4.10. The SMILES string of the molecule is O=C(O)c1ccc(OC/C=C/Cl)c(S(=O)(=O)Cl)c1. The van der Waals surface area contributed by atoms with Gasteiger partial charge in [0.1, 0.15) is 17.3 Å². The zero-order valence-corrected chi connectivity index (χ0v) is 11.2. The molecule has 0 amide bonds. The molecule has 0 bridgehead atoms. The van der Waals surface area contributed by atoms with Gasteiger partial charge in [0.2, 0.25) is 0 Å². The number of carboxylic acid groups (broad SMARTS) is 1. The van der Waals surface area contributed by atoms with Crippen LogP contribution in [0, 0.1) is 0 Å². The van der Waals surface area contributed by atoms with Crippen LogP contribution >= 0.6 is 22.3 Å². The van der Waals surface area contributed by atoms with Gasteiger partial charge in [-0.25, -0.2) is 13.2 Å². The molecule has 0 fully saturated rings. The summed E-state index contributed by atoms with van der Waals surface area (Å²) in [4.78, 5) is 10.3. The third kappa shape index (κ3) is 3.90. The van der Waals surface area contributed by atoms with Gasteiger partial charge in [0.25, 0.3) is 9.05 Å². The number of carbonyl (C=O) groups is 1. The van der Waals surface area contributed by atoms with E-state index in [1.165, 1.54) is 23.7 Å². The summed E-state index contributed by atoms with van der Waals surface area (Å²) in [7, 11) is 1.11. The second kappa shape index (κ2) is 6.08. The average molecular weight is 311 g/mol. The molecule has 0 aliphatic heterocycles. The number of hydrogen-bond acceptors (Lipinski definition) is 4. The van der Waals surface area contributed by atoms with Gasteiger partial charge in [-0.2, -0.15) is 0 Å². The standard InChI is InChI=1S/C10H8Cl2O5S/c11-4-1-5-17-8-3-2-7(10(13)14)6-9(8)18(12,15)16/h1-4,6H,5H2,(H,13,14)/b4-1+. The van der Waals surface area contributed by atoms with Crippen LogP contribution in [0.3, 0.4) is 0 Å². The molecule has 0 atom stereocenters. The average Bonchev–Trinajstić information content (AvgIpc) is 2.28. The maximum absolute atomic E-state index is 11.3. The fraction of sp³-hybridized carbons (Fsp3) is 0.100. The van der Waals surface area contributed by atoms with E-state index < -0.39 is 19.9 Å². The topological polar surface area (TPSA) is 80.7 Å². The lowest BCUT2D eigenvalue weighted by molar-refractivity contribution is 0.0696. The Morgan fingerprint density at radius 2 is 2.11 bits per heavy atom. The first kappa shape index (κ1) is 14.8. The van der Waals surface area contributed by atoms with Gasteiger partial charge in [-0.3, -0.25) is 0 Å². The lowest BCUT2D eigenvalue weighted by atomic mass is 10.2. The molecule has 1 aromatic carbocycles. The molecule has 0 unspecified atom stereocenters. The maximum atomic E-state index is 11.3. The highest BCUT2D eigenvalue weighted by atomic mass is 35.7. The fourth-order valence-corrected chi connectivity index (χ4v) is 2.19. The summed E-state index contributed by atoms with van der Waals surface area (Å²) in [5.41, 5.74) is 1.01. The van der Waals surface area contributed by atoms with Crippen LogP contribution in [0.4, 0.5) is 0 Å². The van der Waals surface area contributed by atoms with Crippen LogP contribution in [-0.4, -0.2) is 26.1 Å². The molecular weight excluding hydrogens is 303 g/mol. The minimum Gasteiger partial charge on any atom is -0.488 e. The Labute approximate surface area is 113 Å². The zero-order chi connectivity index (χ0) is 13.8. The fourth-order valence-electron chi connectivity index (χ4n) is 1.13.